The van der Waals surface area contributed by atoms with Gasteiger partial charge in [-0.05, 0) is 42.8 Å². The van der Waals surface area contributed by atoms with E-state index in [0.29, 0.717) is 18.7 Å². The molecular formula is C19H17FN4O. The minimum atomic E-state index is -0.264. The molecular weight excluding hydrogens is 319 g/mol. The van der Waals surface area contributed by atoms with Crippen molar-refractivity contribution in [3.63, 3.8) is 0 Å². The summed E-state index contributed by atoms with van der Waals surface area (Å²) >= 11 is 0. The molecule has 1 aromatic carbocycles. The van der Waals surface area contributed by atoms with E-state index in [0.717, 1.165) is 35.4 Å². The minimum absolute atomic E-state index is 0.0174. The van der Waals surface area contributed by atoms with E-state index in [2.05, 4.69) is 15.2 Å². The van der Waals surface area contributed by atoms with Crippen LogP contribution >= 0.6 is 0 Å². The monoisotopic (exact) mass is 336 g/mol. The van der Waals surface area contributed by atoms with Gasteiger partial charge in [0.25, 0.3) is 5.91 Å². The highest BCUT2D eigenvalue weighted by atomic mass is 19.1. The molecule has 0 saturated carbocycles. The van der Waals surface area contributed by atoms with Crippen molar-refractivity contribution in [2.45, 2.75) is 12.8 Å². The Morgan fingerprint density at radius 3 is 2.52 bits per heavy atom. The van der Waals surface area contributed by atoms with Gasteiger partial charge in [0, 0.05) is 54.3 Å². The fourth-order valence-corrected chi connectivity index (χ4v) is 3.21. The van der Waals surface area contributed by atoms with E-state index in [1.54, 1.807) is 36.7 Å². The van der Waals surface area contributed by atoms with Gasteiger partial charge in [0.1, 0.15) is 5.82 Å². The first kappa shape index (κ1) is 15.5. The van der Waals surface area contributed by atoms with Crippen molar-refractivity contribution in [1.82, 2.24) is 20.1 Å². The zero-order valence-electron chi connectivity index (χ0n) is 13.6. The van der Waals surface area contributed by atoms with E-state index in [4.69, 9.17) is 0 Å². The third kappa shape index (κ3) is 3.03. The molecule has 126 valence electrons. The van der Waals surface area contributed by atoms with E-state index < -0.39 is 0 Å². The Morgan fingerprint density at radius 1 is 1.04 bits per heavy atom. The summed E-state index contributed by atoms with van der Waals surface area (Å²) in [6.07, 6.45) is 4.70. The number of amides is 1. The predicted molar refractivity (Wildman–Crippen MR) is 91.5 cm³/mol. The molecule has 1 aliphatic rings. The summed E-state index contributed by atoms with van der Waals surface area (Å²) < 4.78 is 13.2. The molecule has 3 aromatic rings. The maximum Gasteiger partial charge on any atom is 0.253 e. The normalized spacial score (nSPS) is 14.0. The van der Waals surface area contributed by atoms with Crippen LogP contribution in [0.2, 0.25) is 0 Å². The molecule has 0 bridgehead atoms. The van der Waals surface area contributed by atoms with Crippen LogP contribution in [0.3, 0.4) is 0 Å². The molecule has 1 amide bonds. The Kier molecular flexibility index (Phi) is 4.01. The molecule has 1 aliphatic heterocycles. The lowest BCUT2D eigenvalue weighted by atomic mass is 10.0. The maximum atomic E-state index is 13.2. The minimum Gasteiger partial charge on any atom is -0.338 e. The first-order valence-corrected chi connectivity index (χ1v) is 8.24. The van der Waals surface area contributed by atoms with Crippen LogP contribution in [0.1, 0.15) is 21.6 Å². The van der Waals surface area contributed by atoms with Crippen LogP contribution in [0.5, 0.6) is 0 Å². The summed E-state index contributed by atoms with van der Waals surface area (Å²) in [5, 5.41) is 7.50. The number of nitrogens with one attached hydrogen (secondary N) is 1. The topological polar surface area (TPSA) is 61.9 Å². The number of pyridine rings is 1. The lowest BCUT2D eigenvalue weighted by molar-refractivity contribution is 0.0762. The molecule has 0 aliphatic carbocycles. The second kappa shape index (κ2) is 6.47. The van der Waals surface area contributed by atoms with Gasteiger partial charge in [-0.1, -0.05) is 0 Å². The largest absolute Gasteiger partial charge is 0.338 e. The van der Waals surface area contributed by atoms with Gasteiger partial charge in [0.15, 0.2) is 0 Å². The number of hydrogen-bond acceptors (Lipinski definition) is 3. The highest BCUT2D eigenvalue weighted by Gasteiger charge is 2.23. The average Bonchev–Trinajstić information content (AvgIpc) is 2.94. The summed E-state index contributed by atoms with van der Waals surface area (Å²) in [6.45, 7) is 1.26. The van der Waals surface area contributed by atoms with Crippen molar-refractivity contribution in [2.75, 3.05) is 13.1 Å². The van der Waals surface area contributed by atoms with Crippen LogP contribution in [0.15, 0.2) is 48.8 Å². The quantitative estimate of drug-likeness (QED) is 0.783. The highest BCUT2D eigenvalue weighted by Crippen LogP contribution is 2.27. The number of benzene rings is 1. The number of aromatic amines is 1. The third-order valence-corrected chi connectivity index (χ3v) is 4.55. The van der Waals surface area contributed by atoms with Gasteiger partial charge in [-0.3, -0.25) is 14.9 Å². The lowest BCUT2D eigenvalue weighted by Crippen LogP contribution is -2.33. The van der Waals surface area contributed by atoms with E-state index in [-0.39, 0.29) is 11.7 Å². The molecule has 0 unspecified atom stereocenters. The molecule has 1 N–H and O–H groups in total. The number of fused-ring (bicyclic) bond motifs is 1. The smallest absolute Gasteiger partial charge is 0.253 e. The molecule has 0 atom stereocenters. The summed E-state index contributed by atoms with van der Waals surface area (Å²) in [4.78, 5) is 18.5. The molecule has 0 saturated heterocycles. The van der Waals surface area contributed by atoms with Crippen molar-refractivity contribution in [3.05, 3.63) is 71.4 Å². The number of halogens is 1. The molecule has 6 heteroatoms. The van der Waals surface area contributed by atoms with Crippen molar-refractivity contribution in [1.29, 1.82) is 0 Å². The van der Waals surface area contributed by atoms with Gasteiger partial charge in [-0.15, -0.1) is 0 Å². The Hall–Kier alpha value is -3.02. The number of carbonyl (C=O) groups is 1. The van der Waals surface area contributed by atoms with E-state index in [9.17, 15) is 9.18 Å². The first-order chi connectivity index (χ1) is 12.2. The second-order valence-corrected chi connectivity index (χ2v) is 6.06. The highest BCUT2D eigenvalue weighted by molar-refractivity contribution is 5.94. The van der Waals surface area contributed by atoms with Crippen molar-refractivity contribution in [3.8, 4) is 11.3 Å². The van der Waals surface area contributed by atoms with Gasteiger partial charge in [-0.2, -0.15) is 5.10 Å². The molecule has 0 radical (unpaired) electrons. The fraction of sp³-hybridized carbons (Fsp3) is 0.211. The zero-order valence-corrected chi connectivity index (χ0v) is 13.6. The number of hydrogen-bond donors (Lipinski definition) is 1. The summed E-state index contributed by atoms with van der Waals surface area (Å²) in [6, 6.07) is 9.81. The van der Waals surface area contributed by atoms with Gasteiger partial charge in [-0.25, -0.2) is 4.39 Å². The van der Waals surface area contributed by atoms with Gasteiger partial charge in [0.2, 0.25) is 0 Å². The van der Waals surface area contributed by atoms with Crippen LogP contribution in [0.25, 0.3) is 11.3 Å². The molecule has 5 nitrogen and oxygen atoms in total. The summed E-state index contributed by atoms with van der Waals surface area (Å²) in [5.41, 5.74) is 4.53. The second-order valence-electron chi connectivity index (χ2n) is 6.06. The Morgan fingerprint density at radius 2 is 1.76 bits per heavy atom. The van der Waals surface area contributed by atoms with Crippen LogP contribution in [-0.2, 0) is 12.8 Å². The van der Waals surface area contributed by atoms with E-state index in [1.807, 2.05) is 4.90 Å². The number of rotatable bonds is 2. The Labute approximate surface area is 144 Å². The standard InChI is InChI=1S/C19H17FN4O/c20-15-3-1-13(2-4-15)18-16-7-11-24(12-8-17(16)22-23-18)19(25)14-5-9-21-10-6-14/h1-6,9-10H,7-8,11-12H2,(H,22,23). The third-order valence-electron chi connectivity index (χ3n) is 4.55. The zero-order chi connectivity index (χ0) is 17.2. The SMILES string of the molecule is O=C(c1ccncc1)N1CCc2[nH]nc(-c3ccc(F)cc3)c2CC1. The Balaban J connectivity index is 1.57. The number of carbonyl (C=O) groups excluding carboxylic acids is 1. The summed E-state index contributed by atoms with van der Waals surface area (Å²) in [7, 11) is 0. The fourth-order valence-electron chi connectivity index (χ4n) is 3.21. The van der Waals surface area contributed by atoms with Gasteiger partial charge < -0.3 is 4.90 Å². The van der Waals surface area contributed by atoms with E-state index in [1.165, 1.54) is 12.1 Å². The first-order valence-electron chi connectivity index (χ1n) is 8.24. The molecule has 0 spiro atoms. The van der Waals surface area contributed by atoms with Crippen LogP contribution in [-0.4, -0.2) is 39.1 Å². The van der Waals surface area contributed by atoms with Gasteiger partial charge in [0.05, 0.1) is 5.69 Å². The van der Waals surface area contributed by atoms with Crippen molar-refractivity contribution < 1.29 is 9.18 Å². The predicted octanol–water partition coefficient (Wildman–Crippen LogP) is 2.85. The van der Waals surface area contributed by atoms with Gasteiger partial charge >= 0.3 is 0 Å². The average molecular weight is 336 g/mol. The number of aromatic nitrogens is 3. The van der Waals surface area contributed by atoms with Crippen LogP contribution < -0.4 is 0 Å². The number of H-pyrrole nitrogens is 1. The van der Waals surface area contributed by atoms with Crippen molar-refractivity contribution >= 4 is 5.91 Å². The summed E-state index contributed by atoms with van der Waals surface area (Å²) in [5.74, 6) is -0.247. The maximum absolute atomic E-state index is 13.2. The van der Waals surface area contributed by atoms with Crippen LogP contribution in [0.4, 0.5) is 4.39 Å². The molecule has 3 heterocycles. The Bertz CT molecular complexity index is 890. The molecule has 4 rings (SSSR count). The van der Waals surface area contributed by atoms with E-state index >= 15 is 0 Å². The molecule has 0 fully saturated rings. The lowest BCUT2D eigenvalue weighted by Gasteiger charge is -2.20. The molecule has 25 heavy (non-hydrogen) atoms. The molecule has 2 aromatic heterocycles. The van der Waals surface area contributed by atoms with Crippen LogP contribution in [0, 0.1) is 5.82 Å². The number of nitrogens with zero attached hydrogens (tertiary/aromatic N) is 3. The van der Waals surface area contributed by atoms with Crippen molar-refractivity contribution in [2.24, 2.45) is 0 Å².